The van der Waals surface area contributed by atoms with E-state index in [-0.39, 0.29) is 12.5 Å². The first-order valence-electron chi connectivity index (χ1n) is 4.97. The minimum absolute atomic E-state index is 0.213. The summed E-state index contributed by atoms with van der Waals surface area (Å²) in [5.41, 5.74) is 1.19. The number of carbonyl (C=O) groups is 1. The minimum Gasteiger partial charge on any atom is -0.387 e. The molecule has 0 aliphatic carbocycles. The summed E-state index contributed by atoms with van der Waals surface area (Å²) in [6, 6.07) is 3.41. The summed E-state index contributed by atoms with van der Waals surface area (Å²) in [4.78, 5) is 19.5. The molecule has 7 nitrogen and oxygen atoms in total. The smallest absolute Gasteiger partial charge is 0.270 e. The van der Waals surface area contributed by atoms with Gasteiger partial charge >= 0.3 is 0 Å². The molecule has 2 N–H and O–H groups in total. The van der Waals surface area contributed by atoms with E-state index in [1.807, 2.05) is 0 Å². The molecule has 0 unspecified atom stereocenters. The summed E-state index contributed by atoms with van der Waals surface area (Å²) < 4.78 is 4.55. The molecule has 2 aromatic rings. The summed E-state index contributed by atoms with van der Waals surface area (Å²) in [5.74, 6) is 0.141. The van der Waals surface area contributed by atoms with Crippen LogP contribution in [0.4, 0.5) is 5.69 Å². The van der Waals surface area contributed by atoms with Crippen molar-refractivity contribution in [3.8, 4) is 0 Å². The molecule has 0 spiro atoms. The van der Waals surface area contributed by atoms with Crippen LogP contribution >= 0.6 is 0 Å². The monoisotopic (exact) mass is 233 g/mol. The molecule has 2 heterocycles. The summed E-state index contributed by atoms with van der Waals surface area (Å²) in [5, 5.41) is 9.13. The van der Waals surface area contributed by atoms with E-state index in [1.165, 1.54) is 6.39 Å². The Morgan fingerprint density at radius 2 is 2.29 bits per heavy atom. The molecule has 0 fully saturated rings. The van der Waals surface area contributed by atoms with Gasteiger partial charge in [0.25, 0.3) is 5.91 Å². The maximum absolute atomic E-state index is 11.7. The van der Waals surface area contributed by atoms with Gasteiger partial charge in [0, 0.05) is 7.05 Å². The average Bonchev–Trinajstić information content (AvgIpc) is 2.89. The lowest BCUT2D eigenvalue weighted by atomic mass is 10.3. The van der Waals surface area contributed by atoms with Crippen LogP contribution in [-0.2, 0) is 6.54 Å². The van der Waals surface area contributed by atoms with Crippen molar-refractivity contribution in [1.82, 2.24) is 20.4 Å². The Bertz CT molecular complexity index is 480. The maximum Gasteiger partial charge on any atom is 0.270 e. The van der Waals surface area contributed by atoms with E-state index in [0.717, 1.165) is 5.69 Å². The molecule has 0 radical (unpaired) electrons. The molecule has 88 valence electrons. The number of amides is 1. The Labute approximate surface area is 97.2 Å². The highest BCUT2D eigenvalue weighted by Crippen LogP contribution is 2.04. The van der Waals surface area contributed by atoms with Crippen molar-refractivity contribution in [3.63, 3.8) is 0 Å². The van der Waals surface area contributed by atoms with Gasteiger partial charge in [0.05, 0.1) is 18.4 Å². The third-order valence-electron chi connectivity index (χ3n) is 2.10. The van der Waals surface area contributed by atoms with Gasteiger partial charge in [-0.1, -0.05) is 5.16 Å². The molecular weight excluding hydrogens is 222 g/mol. The number of nitrogens with one attached hydrogen (secondary N) is 2. The lowest BCUT2D eigenvalue weighted by Crippen LogP contribution is -2.24. The SMILES string of the molecule is CNc1ccc(C(=O)NCc2ncon2)nc1. The van der Waals surface area contributed by atoms with Crippen LogP contribution in [0.25, 0.3) is 0 Å². The fourth-order valence-electron chi connectivity index (χ4n) is 1.20. The van der Waals surface area contributed by atoms with Crippen molar-refractivity contribution in [3.05, 3.63) is 36.2 Å². The van der Waals surface area contributed by atoms with Gasteiger partial charge in [-0.3, -0.25) is 4.79 Å². The molecule has 2 aromatic heterocycles. The second-order valence-electron chi connectivity index (χ2n) is 3.21. The summed E-state index contributed by atoms with van der Waals surface area (Å²) in [6.07, 6.45) is 2.80. The van der Waals surface area contributed by atoms with E-state index in [9.17, 15) is 4.79 Å². The number of aromatic nitrogens is 3. The molecule has 0 aliphatic heterocycles. The molecule has 0 saturated heterocycles. The second-order valence-corrected chi connectivity index (χ2v) is 3.21. The van der Waals surface area contributed by atoms with Gasteiger partial charge < -0.3 is 15.2 Å². The van der Waals surface area contributed by atoms with Crippen LogP contribution in [0.5, 0.6) is 0 Å². The summed E-state index contributed by atoms with van der Waals surface area (Å²) in [7, 11) is 1.78. The van der Waals surface area contributed by atoms with E-state index in [0.29, 0.717) is 11.5 Å². The highest BCUT2D eigenvalue weighted by atomic mass is 16.5. The van der Waals surface area contributed by atoms with Gasteiger partial charge in [0.15, 0.2) is 5.82 Å². The predicted octanol–water partition coefficient (Wildman–Crippen LogP) is 0.436. The topological polar surface area (TPSA) is 92.9 Å². The Morgan fingerprint density at radius 1 is 1.41 bits per heavy atom. The van der Waals surface area contributed by atoms with Crippen molar-refractivity contribution in [2.24, 2.45) is 0 Å². The first-order valence-corrected chi connectivity index (χ1v) is 4.97. The molecule has 1 amide bonds. The largest absolute Gasteiger partial charge is 0.387 e. The maximum atomic E-state index is 11.7. The van der Waals surface area contributed by atoms with Crippen LogP contribution < -0.4 is 10.6 Å². The van der Waals surface area contributed by atoms with Crippen LogP contribution in [0.15, 0.2) is 29.2 Å². The molecular formula is C10H11N5O2. The Balaban J connectivity index is 1.95. The van der Waals surface area contributed by atoms with Crippen LogP contribution in [0, 0.1) is 0 Å². The van der Waals surface area contributed by atoms with E-state index in [4.69, 9.17) is 0 Å². The molecule has 0 bridgehead atoms. The van der Waals surface area contributed by atoms with Crippen molar-refractivity contribution >= 4 is 11.6 Å². The highest BCUT2D eigenvalue weighted by molar-refractivity contribution is 5.92. The van der Waals surface area contributed by atoms with E-state index >= 15 is 0 Å². The number of nitrogens with zero attached hydrogens (tertiary/aromatic N) is 3. The molecule has 2 rings (SSSR count). The van der Waals surface area contributed by atoms with Crippen LogP contribution in [0.1, 0.15) is 16.3 Å². The third-order valence-corrected chi connectivity index (χ3v) is 2.10. The van der Waals surface area contributed by atoms with Crippen LogP contribution in [0.3, 0.4) is 0 Å². The zero-order valence-corrected chi connectivity index (χ0v) is 9.17. The normalized spacial score (nSPS) is 9.94. The standard InChI is InChI=1S/C10H11N5O2/c1-11-7-2-3-8(12-4-7)10(16)13-5-9-14-6-17-15-9/h2-4,6,11H,5H2,1H3,(H,13,16). The van der Waals surface area contributed by atoms with Crippen molar-refractivity contribution in [1.29, 1.82) is 0 Å². The Hall–Kier alpha value is -2.44. The van der Waals surface area contributed by atoms with E-state index in [2.05, 4.69) is 30.3 Å². The predicted molar refractivity (Wildman–Crippen MR) is 59.3 cm³/mol. The average molecular weight is 233 g/mol. The molecule has 0 atom stereocenters. The van der Waals surface area contributed by atoms with Crippen molar-refractivity contribution in [2.45, 2.75) is 6.54 Å². The number of hydrogen-bond donors (Lipinski definition) is 2. The van der Waals surface area contributed by atoms with Crippen molar-refractivity contribution < 1.29 is 9.32 Å². The zero-order chi connectivity index (χ0) is 12.1. The number of carbonyl (C=O) groups excluding carboxylic acids is 1. The fourth-order valence-corrected chi connectivity index (χ4v) is 1.20. The lowest BCUT2D eigenvalue weighted by molar-refractivity contribution is 0.0944. The van der Waals surface area contributed by atoms with E-state index in [1.54, 1.807) is 25.4 Å². The lowest BCUT2D eigenvalue weighted by Gasteiger charge is -2.03. The molecule has 0 saturated carbocycles. The third kappa shape index (κ3) is 2.77. The van der Waals surface area contributed by atoms with Crippen LogP contribution in [-0.4, -0.2) is 28.1 Å². The Morgan fingerprint density at radius 3 is 2.88 bits per heavy atom. The van der Waals surface area contributed by atoms with Gasteiger partial charge in [-0.05, 0) is 12.1 Å². The first kappa shape index (κ1) is 11.1. The summed E-state index contributed by atoms with van der Waals surface area (Å²) in [6.45, 7) is 0.213. The van der Waals surface area contributed by atoms with Gasteiger partial charge in [-0.2, -0.15) is 4.98 Å². The number of anilines is 1. The fraction of sp³-hybridized carbons (Fsp3) is 0.200. The van der Waals surface area contributed by atoms with Crippen molar-refractivity contribution in [2.75, 3.05) is 12.4 Å². The molecule has 17 heavy (non-hydrogen) atoms. The van der Waals surface area contributed by atoms with Gasteiger partial charge in [0.1, 0.15) is 5.69 Å². The van der Waals surface area contributed by atoms with Gasteiger partial charge in [0.2, 0.25) is 6.39 Å². The molecule has 0 aromatic carbocycles. The van der Waals surface area contributed by atoms with Crippen LogP contribution in [0.2, 0.25) is 0 Å². The highest BCUT2D eigenvalue weighted by Gasteiger charge is 2.07. The summed E-state index contributed by atoms with van der Waals surface area (Å²) >= 11 is 0. The number of rotatable bonds is 4. The number of hydrogen-bond acceptors (Lipinski definition) is 6. The quantitative estimate of drug-likeness (QED) is 0.795. The zero-order valence-electron chi connectivity index (χ0n) is 9.17. The molecule has 7 heteroatoms. The van der Waals surface area contributed by atoms with Gasteiger partial charge in [-0.15, -0.1) is 0 Å². The number of pyridine rings is 1. The Kier molecular flexibility index (Phi) is 3.29. The van der Waals surface area contributed by atoms with E-state index < -0.39 is 0 Å². The first-order chi connectivity index (χ1) is 8.29. The minimum atomic E-state index is -0.280. The second kappa shape index (κ2) is 5.06. The van der Waals surface area contributed by atoms with Gasteiger partial charge in [-0.25, -0.2) is 4.98 Å². The molecule has 0 aliphatic rings.